The highest BCUT2D eigenvalue weighted by Crippen LogP contribution is 2.38. The van der Waals surface area contributed by atoms with Gasteiger partial charge >= 0.3 is 5.97 Å². The molecule has 0 spiro atoms. The zero-order chi connectivity index (χ0) is 14.0. The fourth-order valence-corrected chi connectivity index (χ4v) is 2.82. The number of hydrogen-bond donors (Lipinski definition) is 1. The molecule has 102 valence electrons. The minimum Gasteiger partial charge on any atom is -0.455 e. The molecule has 1 aromatic rings. The van der Waals surface area contributed by atoms with Gasteiger partial charge in [0.2, 0.25) is 0 Å². The maximum Gasteiger partial charge on any atom is 0.309 e. The first-order valence-electron chi connectivity index (χ1n) is 5.89. The first-order chi connectivity index (χ1) is 8.97. The number of hydrogen-bond acceptors (Lipinski definition) is 3. The molecule has 0 aromatic heterocycles. The molecule has 1 aromatic carbocycles. The Balaban J connectivity index is 1.82. The van der Waals surface area contributed by atoms with Crippen molar-refractivity contribution in [3.05, 3.63) is 27.1 Å². The number of carbonyl (C=O) groups is 2. The molecule has 1 aliphatic rings. The van der Waals surface area contributed by atoms with Gasteiger partial charge in [-0.2, -0.15) is 0 Å². The largest absolute Gasteiger partial charge is 0.455 e. The first-order valence-corrected chi connectivity index (χ1v) is 7.47. The smallest absolute Gasteiger partial charge is 0.309 e. The lowest BCUT2D eigenvalue weighted by Gasteiger charge is -2.08. The van der Waals surface area contributed by atoms with E-state index in [1.807, 2.05) is 19.1 Å². The molecule has 6 heteroatoms. The van der Waals surface area contributed by atoms with Crippen LogP contribution >= 0.6 is 31.9 Å². The Bertz CT molecular complexity index is 519. The van der Waals surface area contributed by atoms with Crippen LogP contribution in [0.2, 0.25) is 0 Å². The van der Waals surface area contributed by atoms with E-state index in [1.54, 1.807) is 6.07 Å². The van der Waals surface area contributed by atoms with Crippen LogP contribution in [0.4, 0.5) is 5.69 Å². The van der Waals surface area contributed by atoms with Crippen molar-refractivity contribution in [1.29, 1.82) is 0 Å². The van der Waals surface area contributed by atoms with Crippen LogP contribution in [0.15, 0.2) is 27.1 Å². The highest BCUT2D eigenvalue weighted by atomic mass is 79.9. The molecule has 0 unspecified atom stereocenters. The fourth-order valence-electron chi connectivity index (χ4n) is 1.67. The van der Waals surface area contributed by atoms with Crippen molar-refractivity contribution in [3.8, 4) is 0 Å². The van der Waals surface area contributed by atoms with Gasteiger partial charge < -0.3 is 10.1 Å². The standard InChI is InChI=1S/C13H13Br2NO3/c1-7-4-9(7)13(18)19-6-12(17)16-11-3-2-8(14)5-10(11)15/h2-3,5,7,9H,4,6H2,1H3,(H,16,17)/t7-,9+/m0/s1. The van der Waals surface area contributed by atoms with Crippen molar-refractivity contribution in [2.75, 3.05) is 11.9 Å². The Hall–Kier alpha value is -0.880. The maximum absolute atomic E-state index is 11.7. The molecule has 0 bridgehead atoms. The summed E-state index contributed by atoms with van der Waals surface area (Å²) in [6.45, 7) is 1.75. The molecule has 1 fully saturated rings. The van der Waals surface area contributed by atoms with Crippen molar-refractivity contribution >= 4 is 49.4 Å². The van der Waals surface area contributed by atoms with E-state index in [-0.39, 0.29) is 24.4 Å². The van der Waals surface area contributed by atoms with Gasteiger partial charge in [-0.3, -0.25) is 9.59 Å². The molecule has 0 heterocycles. The minimum absolute atomic E-state index is 0.0211. The molecular formula is C13H13Br2NO3. The number of carbonyl (C=O) groups excluding carboxylic acids is 2. The average molecular weight is 391 g/mol. The summed E-state index contributed by atoms with van der Waals surface area (Å²) in [6.07, 6.45) is 0.860. The number of amides is 1. The molecule has 1 aliphatic carbocycles. The highest BCUT2D eigenvalue weighted by Gasteiger charge is 2.40. The van der Waals surface area contributed by atoms with Crippen molar-refractivity contribution in [3.63, 3.8) is 0 Å². The van der Waals surface area contributed by atoms with Gasteiger partial charge in [0.05, 0.1) is 11.6 Å². The van der Waals surface area contributed by atoms with E-state index in [2.05, 4.69) is 37.2 Å². The molecule has 0 radical (unpaired) electrons. The first kappa shape index (κ1) is 14.5. The van der Waals surface area contributed by atoms with Crippen molar-refractivity contribution < 1.29 is 14.3 Å². The topological polar surface area (TPSA) is 55.4 Å². The minimum atomic E-state index is -0.343. The van der Waals surface area contributed by atoms with Crippen LogP contribution in [0.1, 0.15) is 13.3 Å². The van der Waals surface area contributed by atoms with Gasteiger partial charge in [-0.25, -0.2) is 0 Å². The Morgan fingerprint density at radius 1 is 1.42 bits per heavy atom. The van der Waals surface area contributed by atoms with E-state index in [0.29, 0.717) is 11.6 Å². The summed E-state index contributed by atoms with van der Waals surface area (Å²) in [5.41, 5.74) is 0.643. The van der Waals surface area contributed by atoms with Crippen molar-refractivity contribution in [2.45, 2.75) is 13.3 Å². The van der Waals surface area contributed by atoms with E-state index in [4.69, 9.17) is 4.74 Å². The zero-order valence-electron chi connectivity index (χ0n) is 10.3. The second kappa shape index (κ2) is 6.05. The summed E-state index contributed by atoms with van der Waals surface area (Å²) in [6, 6.07) is 5.41. The Labute approximate surface area is 128 Å². The monoisotopic (exact) mass is 389 g/mol. The summed E-state index contributed by atoms with van der Waals surface area (Å²) in [5.74, 6) is -0.259. The molecule has 0 saturated heterocycles. The Morgan fingerprint density at radius 2 is 2.11 bits per heavy atom. The third-order valence-electron chi connectivity index (χ3n) is 2.96. The number of benzene rings is 1. The van der Waals surface area contributed by atoms with E-state index in [1.165, 1.54) is 0 Å². The van der Waals surface area contributed by atoms with E-state index < -0.39 is 0 Å². The molecule has 0 aliphatic heterocycles. The normalized spacial score (nSPS) is 20.8. The molecule has 2 rings (SSSR count). The lowest BCUT2D eigenvalue weighted by molar-refractivity contribution is -0.148. The summed E-state index contributed by atoms with van der Waals surface area (Å²) in [7, 11) is 0. The molecular weight excluding hydrogens is 378 g/mol. The second-order valence-corrected chi connectivity index (χ2v) is 6.37. The number of rotatable bonds is 4. The third-order valence-corrected chi connectivity index (χ3v) is 4.11. The molecule has 1 amide bonds. The van der Waals surface area contributed by atoms with E-state index in [9.17, 15) is 9.59 Å². The van der Waals surface area contributed by atoms with Crippen LogP contribution in [0.25, 0.3) is 0 Å². The predicted octanol–water partition coefficient (Wildman–Crippen LogP) is 3.35. The Kier molecular flexibility index (Phi) is 4.62. The fraction of sp³-hybridized carbons (Fsp3) is 0.385. The average Bonchev–Trinajstić information content (AvgIpc) is 3.07. The van der Waals surface area contributed by atoms with E-state index in [0.717, 1.165) is 15.4 Å². The van der Waals surface area contributed by atoms with Gasteiger partial charge in [-0.1, -0.05) is 22.9 Å². The lowest BCUT2D eigenvalue weighted by atomic mass is 10.3. The quantitative estimate of drug-likeness (QED) is 0.802. The van der Waals surface area contributed by atoms with Gasteiger partial charge in [0.1, 0.15) is 0 Å². The number of anilines is 1. The van der Waals surface area contributed by atoms with E-state index >= 15 is 0 Å². The van der Waals surface area contributed by atoms with Crippen LogP contribution in [0.5, 0.6) is 0 Å². The highest BCUT2D eigenvalue weighted by molar-refractivity contribution is 9.11. The second-order valence-electron chi connectivity index (χ2n) is 4.60. The van der Waals surface area contributed by atoms with Crippen molar-refractivity contribution in [2.24, 2.45) is 11.8 Å². The molecule has 4 nitrogen and oxygen atoms in total. The number of nitrogens with one attached hydrogen (secondary N) is 1. The van der Waals surface area contributed by atoms with Gasteiger partial charge in [-0.15, -0.1) is 0 Å². The van der Waals surface area contributed by atoms with Crippen LogP contribution in [-0.2, 0) is 14.3 Å². The molecule has 1 N–H and O–H groups in total. The van der Waals surface area contributed by atoms with Crippen LogP contribution in [-0.4, -0.2) is 18.5 Å². The van der Waals surface area contributed by atoms with Gasteiger partial charge in [0.25, 0.3) is 5.91 Å². The number of halogens is 2. The van der Waals surface area contributed by atoms with Crippen molar-refractivity contribution in [1.82, 2.24) is 0 Å². The van der Waals surface area contributed by atoms with Gasteiger partial charge in [0.15, 0.2) is 6.61 Å². The zero-order valence-corrected chi connectivity index (χ0v) is 13.5. The van der Waals surface area contributed by atoms with Crippen LogP contribution < -0.4 is 5.32 Å². The summed E-state index contributed by atoms with van der Waals surface area (Å²) in [4.78, 5) is 23.1. The van der Waals surface area contributed by atoms with Gasteiger partial charge in [-0.05, 0) is 46.5 Å². The number of ether oxygens (including phenoxy) is 1. The van der Waals surface area contributed by atoms with Crippen LogP contribution in [0.3, 0.4) is 0 Å². The summed E-state index contributed by atoms with van der Waals surface area (Å²) in [5, 5.41) is 2.68. The predicted molar refractivity (Wildman–Crippen MR) is 78.7 cm³/mol. The SMILES string of the molecule is C[C@H]1C[C@H]1C(=O)OCC(=O)Nc1ccc(Br)cc1Br. The van der Waals surface area contributed by atoms with Gasteiger partial charge in [0, 0.05) is 8.95 Å². The van der Waals surface area contributed by atoms with Crippen LogP contribution in [0, 0.1) is 11.8 Å². The third kappa shape index (κ3) is 4.04. The number of esters is 1. The maximum atomic E-state index is 11.7. The molecule has 1 saturated carbocycles. The summed E-state index contributed by atoms with van der Waals surface area (Å²) < 4.78 is 6.63. The molecule has 2 atom stereocenters. The summed E-state index contributed by atoms with van der Waals surface area (Å²) >= 11 is 6.67. The lowest BCUT2D eigenvalue weighted by Crippen LogP contribution is -2.21. The molecule has 19 heavy (non-hydrogen) atoms. The Morgan fingerprint density at radius 3 is 2.68 bits per heavy atom.